The molecule has 0 saturated heterocycles. The second kappa shape index (κ2) is 9.63. The number of imidazole rings is 1. The fraction of sp³-hybridized carbons (Fsp3) is 0.167. The molecule has 0 atom stereocenters. The van der Waals surface area contributed by atoms with Gasteiger partial charge >= 0.3 is 5.97 Å². The highest BCUT2D eigenvalue weighted by molar-refractivity contribution is 7.92. The number of halogens is 3. The number of carbonyl (C=O) groups is 1. The van der Waals surface area contributed by atoms with Gasteiger partial charge in [0.15, 0.2) is 5.82 Å². The average molecular weight is 520 g/mol. The molecule has 4 aromatic rings. The van der Waals surface area contributed by atoms with Crippen molar-refractivity contribution in [2.45, 2.75) is 25.0 Å². The second-order valence-corrected chi connectivity index (χ2v) is 9.98. The molecule has 0 amide bonds. The van der Waals surface area contributed by atoms with E-state index in [1.54, 1.807) is 29.7 Å². The van der Waals surface area contributed by atoms with Crippen molar-refractivity contribution in [1.29, 1.82) is 0 Å². The van der Waals surface area contributed by atoms with E-state index in [0.717, 1.165) is 10.4 Å². The summed E-state index contributed by atoms with van der Waals surface area (Å²) in [4.78, 5) is 16.1. The highest BCUT2D eigenvalue weighted by Gasteiger charge is 2.30. The Balaban J connectivity index is 1.86. The molecule has 0 aliphatic heterocycles. The minimum atomic E-state index is -4.23. The number of hydrogen-bond donors (Lipinski definition) is 0. The number of fused-ring (bicyclic) bond motifs is 1. The first-order valence-electron chi connectivity index (χ1n) is 10.3. The van der Waals surface area contributed by atoms with Crippen LogP contribution < -0.4 is 4.31 Å². The Hall–Kier alpha value is -3.50. The van der Waals surface area contributed by atoms with Crippen molar-refractivity contribution >= 4 is 39.1 Å². The zero-order chi connectivity index (χ0) is 25.3. The Morgan fingerprint density at radius 3 is 2.51 bits per heavy atom. The number of alkyl halides is 1. The Labute approximate surface area is 205 Å². The smallest absolute Gasteiger partial charge is 0.337 e. The molecular formula is C24H20ClF2N3O4S. The van der Waals surface area contributed by atoms with E-state index in [0.29, 0.717) is 21.9 Å². The van der Waals surface area contributed by atoms with Crippen LogP contribution in [0.3, 0.4) is 0 Å². The Morgan fingerprint density at radius 2 is 1.86 bits per heavy atom. The molecule has 182 valence electrons. The van der Waals surface area contributed by atoms with Crippen LogP contribution in [0.4, 0.5) is 14.6 Å². The van der Waals surface area contributed by atoms with Crippen molar-refractivity contribution in [1.82, 2.24) is 9.38 Å². The number of sulfonamides is 1. The summed E-state index contributed by atoms with van der Waals surface area (Å²) in [5.74, 6) is -1.21. The van der Waals surface area contributed by atoms with Crippen molar-refractivity contribution in [3.63, 3.8) is 0 Å². The third kappa shape index (κ3) is 4.71. The quantitative estimate of drug-likeness (QED) is 0.318. The summed E-state index contributed by atoms with van der Waals surface area (Å²) in [7, 11) is -3.00. The minimum absolute atomic E-state index is 0.104. The van der Waals surface area contributed by atoms with Crippen LogP contribution in [0.15, 0.2) is 65.7 Å². The zero-order valence-electron chi connectivity index (χ0n) is 18.7. The number of aromatic nitrogens is 2. The Kier molecular flexibility index (Phi) is 6.77. The van der Waals surface area contributed by atoms with E-state index in [9.17, 15) is 22.0 Å². The number of anilines is 1. The molecule has 11 heteroatoms. The lowest BCUT2D eigenvalue weighted by atomic mass is 10.1. The fourth-order valence-corrected chi connectivity index (χ4v) is 5.25. The molecule has 2 heterocycles. The molecule has 0 N–H and O–H groups in total. The number of rotatable bonds is 7. The van der Waals surface area contributed by atoms with Crippen LogP contribution in [0.25, 0.3) is 5.65 Å². The number of benzene rings is 2. The van der Waals surface area contributed by atoms with Gasteiger partial charge in [-0.1, -0.05) is 17.7 Å². The van der Waals surface area contributed by atoms with Crippen molar-refractivity contribution in [2.24, 2.45) is 0 Å². The molecule has 0 spiro atoms. The van der Waals surface area contributed by atoms with E-state index in [4.69, 9.17) is 11.6 Å². The van der Waals surface area contributed by atoms with Gasteiger partial charge in [0, 0.05) is 11.8 Å². The summed E-state index contributed by atoms with van der Waals surface area (Å²) < 4.78 is 62.1. The molecule has 2 aromatic heterocycles. The third-order valence-electron chi connectivity index (χ3n) is 5.48. The maximum Gasteiger partial charge on any atom is 0.337 e. The fourth-order valence-electron chi connectivity index (χ4n) is 3.64. The summed E-state index contributed by atoms with van der Waals surface area (Å²) in [6.45, 7) is 0.409. The number of aryl methyl sites for hydroxylation is 1. The number of methoxy groups -OCH3 is 1. The van der Waals surface area contributed by atoms with Crippen LogP contribution in [0, 0.1) is 12.7 Å². The predicted molar refractivity (Wildman–Crippen MR) is 127 cm³/mol. The molecule has 35 heavy (non-hydrogen) atoms. The maximum absolute atomic E-state index is 13.9. The van der Waals surface area contributed by atoms with Gasteiger partial charge in [-0.2, -0.15) is 0 Å². The number of pyridine rings is 1. The monoisotopic (exact) mass is 519 g/mol. The molecule has 0 unspecified atom stereocenters. The molecule has 0 aliphatic rings. The van der Waals surface area contributed by atoms with Crippen LogP contribution in [0.5, 0.6) is 0 Å². The van der Waals surface area contributed by atoms with Gasteiger partial charge in [0.2, 0.25) is 0 Å². The molecular weight excluding hydrogens is 500 g/mol. The summed E-state index contributed by atoms with van der Waals surface area (Å²) in [5, 5.41) is 0.434. The molecule has 4 rings (SSSR count). The number of carbonyl (C=O) groups excluding carboxylic acids is 1. The topological polar surface area (TPSA) is 81.0 Å². The average Bonchev–Trinajstić information content (AvgIpc) is 3.18. The van der Waals surface area contributed by atoms with Crippen LogP contribution in [-0.4, -0.2) is 30.9 Å². The standard InChI is InChI=1S/C24H20ClF2N3O4S/c1-15-23(28-22-10-6-19(25)14-29(15)22)30(13-16-3-9-21(27)18(11-16)12-26)35(32,33)20-7-4-17(5-8-20)24(31)34-2/h3-11,14H,12-13H2,1-2H3. The maximum atomic E-state index is 13.9. The lowest BCUT2D eigenvalue weighted by molar-refractivity contribution is 0.0600. The molecule has 0 fully saturated rings. The lowest BCUT2D eigenvalue weighted by Crippen LogP contribution is -2.31. The van der Waals surface area contributed by atoms with E-state index in [2.05, 4.69) is 9.72 Å². The van der Waals surface area contributed by atoms with Crippen LogP contribution >= 0.6 is 11.6 Å². The highest BCUT2D eigenvalue weighted by Crippen LogP contribution is 2.30. The van der Waals surface area contributed by atoms with Crippen molar-refractivity contribution in [2.75, 3.05) is 11.4 Å². The molecule has 2 aromatic carbocycles. The second-order valence-electron chi connectivity index (χ2n) is 7.68. The predicted octanol–water partition coefficient (Wildman–Crippen LogP) is 5.09. The number of nitrogens with zero attached hydrogens (tertiary/aromatic N) is 3. The van der Waals surface area contributed by atoms with Gasteiger partial charge in [-0.3, -0.25) is 0 Å². The van der Waals surface area contributed by atoms with E-state index in [1.165, 1.54) is 43.5 Å². The number of esters is 1. The van der Waals surface area contributed by atoms with Crippen LogP contribution in [-0.2, 0) is 28.0 Å². The minimum Gasteiger partial charge on any atom is -0.465 e. The first kappa shape index (κ1) is 24.6. The SMILES string of the molecule is COC(=O)c1ccc(S(=O)(=O)N(Cc2ccc(F)c(CF)c2)c2nc3ccc(Cl)cn3c2C)cc1. The third-order valence-corrected chi connectivity index (χ3v) is 7.45. The first-order valence-corrected chi connectivity index (χ1v) is 12.2. The van der Waals surface area contributed by atoms with E-state index >= 15 is 0 Å². The highest BCUT2D eigenvalue weighted by atomic mass is 35.5. The molecule has 0 radical (unpaired) electrons. The summed E-state index contributed by atoms with van der Waals surface area (Å²) >= 11 is 6.11. The van der Waals surface area contributed by atoms with E-state index in [1.807, 2.05) is 0 Å². The number of hydrogen-bond acceptors (Lipinski definition) is 5. The van der Waals surface area contributed by atoms with Crippen LogP contribution in [0.2, 0.25) is 5.02 Å². The van der Waals surface area contributed by atoms with E-state index in [-0.39, 0.29) is 28.4 Å². The van der Waals surface area contributed by atoms with Crippen molar-refractivity contribution in [3.8, 4) is 0 Å². The van der Waals surface area contributed by atoms with Gasteiger partial charge in [-0.15, -0.1) is 0 Å². The Bertz CT molecular complexity index is 1520. The summed E-state index contributed by atoms with van der Waals surface area (Å²) in [5.41, 5.74) is 1.32. The normalized spacial score (nSPS) is 11.6. The van der Waals surface area contributed by atoms with Gasteiger partial charge in [0.05, 0.1) is 34.8 Å². The lowest BCUT2D eigenvalue weighted by Gasteiger charge is -2.23. The zero-order valence-corrected chi connectivity index (χ0v) is 20.3. The first-order chi connectivity index (χ1) is 16.6. The van der Waals surface area contributed by atoms with Crippen LogP contribution in [0.1, 0.15) is 27.2 Å². The Morgan fingerprint density at radius 1 is 1.14 bits per heavy atom. The summed E-state index contributed by atoms with van der Waals surface area (Å²) in [6, 6.07) is 12.3. The molecule has 0 saturated carbocycles. The molecule has 0 bridgehead atoms. The van der Waals surface area contributed by atoms with E-state index < -0.39 is 28.5 Å². The number of ether oxygens (including phenoxy) is 1. The van der Waals surface area contributed by atoms with Gasteiger partial charge in [0.25, 0.3) is 10.0 Å². The molecule has 7 nitrogen and oxygen atoms in total. The van der Waals surface area contributed by atoms with Gasteiger partial charge in [-0.25, -0.2) is 31.3 Å². The molecule has 0 aliphatic carbocycles. The van der Waals surface area contributed by atoms with Crippen molar-refractivity contribution in [3.05, 3.63) is 94.0 Å². The van der Waals surface area contributed by atoms with Gasteiger partial charge in [-0.05, 0) is 61.0 Å². The summed E-state index contributed by atoms with van der Waals surface area (Å²) in [6.07, 6.45) is 1.61. The largest absolute Gasteiger partial charge is 0.465 e. The van der Waals surface area contributed by atoms with Gasteiger partial charge < -0.3 is 9.14 Å². The van der Waals surface area contributed by atoms with Crippen molar-refractivity contribution < 1.29 is 26.7 Å². The van der Waals surface area contributed by atoms with Gasteiger partial charge in [0.1, 0.15) is 18.1 Å².